The van der Waals surface area contributed by atoms with Crippen LogP contribution in [0.4, 0.5) is 0 Å². The number of carbonyl (C=O) groups is 1. The summed E-state index contributed by atoms with van der Waals surface area (Å²) >= 11 is 0. The molecule has 0 atom stereocenters. The Balaban J connectivity index is 2.03. The van der Waals surface area contributed by atoms with Crippen LogP contribution in [0.3, 0.4) is 0 Å². The maximum absolute atomic E-state index is 12.1. The minimum Gasteiger partial charge on any atom is -0.494 e. The zero-order valence-corrected chi connectivity index (χ0v) is 18.3. The summed E-state index contributed by atoms with van der Waals surface area (Å²) in [6, 6.07) is 7.30. The van der Waals surface area contributed by atoms with Crippen molar-refractivity contribution in [1.29, 1.82) is 0 Å². The first-order valence-corrected chi connectivity index (χ1v) is 11.7. The molecule has 0 unspecified atom stereocenters. The normalized spacial score (nSPS) is 10.8. The molecule has 0 amide bonds. The van der Waals surface area contributed by atoms with Crippen LogP contribution in [-0.2, 0) is 4.74 Å². The van der Waals surface area contributed by atoms with Gasteiger partial charge in [-0.1, -0.05) is 90.9 Å². The zero-order valence-electron chi connectivity index (χ0n) is 18.3. The highest BCUT2D eigenvalue weighted by Crippen LogP contribution is 2.14. The van der Waals surface area contributed by atoms with Gasteiger partial charge in [-0.2, -0.15) is 0 Å². The lowest BCUT2D eigenvalue weighted by Gasteiger charge is -2.08. The minimum atomic E-state index is -0.231. The van der Waals surface area contributed by atoms with Crippen LogP contribution in [0.1, 0.15) is 114 Å². The molecule has 3 heteroatoms. The SMILES string of the molecule is CCCCCCCCCCCCOC(=O)c1ccc(OCCCCCC)cc1. The largest absolute Gasteiger partial charge is 0.494 e. The van der Waals surface area contributed by atoms with E-state index in [-0.39, 0.29) is 5.97 Å². The molecule has 0 heterocycles. The molecular formula is C25H42O3. The molecule has 1 aromatic carbocycles. The average Bonchev–Trinajstić information content (AvgIpc) is 2.72. The second-order valence-electron chi connectivity index (χ2n) is 7.75. The number of unbranched alkanes of at least 4 members (excludes halogenated alkanes) is 12. The van der Waals surface area contributed by atoms with E-state index in [4.69, 9.17) is 9.47 Å². The Hall–Kier alpha value is -1.51. The molecule has 0 saturated heterocycles. The molecule has 28 heavy (non-hydrogen) atoms. The summed E-state index contributed by atoms with van der Waals surface area (Å²) in [6.07, 6.45) is 17.6. The summed E-state index contributed by atoms with van der Waals surface area (Å²) in [4.78, 5) is 12.1. The molecule has 0 saturated carbocycles. The molecule has 3 nitrogen and oxygen atoms in total. The van der Waals surface area contributed by atoms with Crippen molar-refractivity contribution in [2.75, 3.05) is 13.2 Å². The molecule has 160 valence electrons. The number of carbonyl (C=O) groups excluding carboxylic acids is 1. The van der Waals surface area contributed by atoms with Gasteiger partial charge >= 0.3 is 5.97 Å². The molecular weight excluding hydrogens is 348 g/mol. The van der Waals surface area contributed by atoms with Crippen molar-refractivity contribution >= 4 is 5.97 Å². The molecule has 0 spiro atoms. The highest BCUT2D eigenvalue weighted by atomic mass is 16.5. The third-order valence-electron chi connectivity index (χ3n) is 5.09. The molecule has 0 radical (unpaired) electrons. The number of hydrogen-bond acceptors (Lipinski definition) is 3. The van der Waals surface area contributed by atoms with Crippen LogP contribution >= 0.6 is 0 Å². The van der Waals surface area contributed by atoms with E-state index in [2.05, 4.69) is 13.8 Å². The Morgan fingerprint density at radius 3 is 1.68 bits per heavy atom. The van der Waals surface area contributed by atoms with Crippen LogP contribution in [0.2, 0.25) is 0 Å². The van der Waals surface area contributed by atoms with Crippen LogP contribution in [-0.4, -0.2) is 19.2 Å². The van der Waals surface area contributed by atoms with Gasteiger partial charge in [0.15, 0.2) is 0 Å². The minimum absolute atomic E-state index is 0.231. The number of esters is 1. The average molecular weight is 391 g/mol. The molecule has 1 rings (SSSR count). The van der Waals surface area contributed by atoms with E-state index >= 15 is 0 Å². The van der Waals surface area contributed by atoms with Gasteiger partial charge in [-0.15, -0.1) is 0 Å². The molecule has 0 N–H and O–H groups in total. The number of rotatable bonds is 18. The number of ether oxygens (including phenoxy) is 2. The van der Waals surface area contributed by atoms with Gasteiger partial charge in [-0.25, -0.2) is 4.79 Å². The topological polar surface area (TPSA) is 35.5 Å². The van der Waals surface area contributed by atoms with Crippen LogP contribution in [0.25, 0.3) is 0 Å². The summed E-state index contributed by atoms with van der Waals surface area (Å²) in [7, 11) is 0. The standard InChI is InChI=1S/C25H42O3/c1-3-5-7-9-10-11-12-13-14-16-22-28-25(26)23-17-19-24(20-18-23)27-21-15-8-6-4-2/h17-20H,3-16,21-22H2,1-2H3. The third kappa shape index (κ3) is 12.8. The molecule has 1 aromatic rings. The van der Waals surface area contributed by atoms with Crippen LogP contribution in [0.15, 0.2) is 24.3 Å². The highest BCUT2D eigenvalue weighted by Gasteiger charge is 2.07. The predicted octanol–water partition coefficient (Wildman–Crippen LogP) is 7.72. The van der Waals surface area contributed by atoms with E-state index < -0.39 is 0 Å². The van der Waals surface area contributed by atoms with Crippen molar-refractivity contribution in [2.24, 2.45) is 0 Å². The monoisotopic (exact) mass is 390 g/mol. The molecule has 0 aromatic heterocycles. The van der Waals surface area contributed by atoms with E-state index in [1.807, 2.05) is 12.1 Å². The lowest BCUT2D eigenvalue weighted by molar-refractivity contribution is 0.0497. The van der Waals surface area contributed by atoms with Crippen molar-refractivity contribution < 1.29 is 14.3 Å². The first kappa shape index (κ1) is 24.5. The first-order valence-electron chi connectivity index (χ1n) is 11.7. The maximum Gasteiger partial charge on any atom is 0.338 e. The van der Waals surface area contributed by atoms with Crippen molar-refractivity contribution in [3.05, 3.63) is 29.8 Å². The van der Waals surface area contributed by atoms with Gasteiger partial charge in [-0.05, 0) is 37.1 Å². The second-order valence-corrected chi connectivity index (χ2v) is 7.75. The van der Waals surface area contributed by atoms with Crippen molar-refractivity contribution in [1.82, 2.24) is 0 Å². The fraction of sp³-hybridized carbons (Fsp3) is 0.720. The number of benzene rings is 1. The maximum atomic E-state index is 12.1. The fourth-order valence-electron chi connectivity index (χ4n) is 3.24. The Labute approximate surface area is 173 Å². The van der Waals surface area contributed by atoms with E-state index in [0.29, 0.717) is 12.2 Å². The fourth-order valence-corrected chi connectivity index (χ4v) is 3.24. The lowest BCUT2D eigenvalue weighted by atomic mass is 10.1. The Morgan fingerprint density at radius 1 is 0.643 bits per heavy atom. The first-order chi connectivity index (χ1) is 13.8. The van der Waals surface area contributed by atoms with E-state index in [1.165, 1.54) is 70.6 Å². The predicted molar refractivity (Wildman–Crippen MR) is 118 cm³/mol. The summed E-state index contributed by atoms with van der Waals surface area (Å²) in [6.45, 7) is 5.72. The van der Waals surface area contributed by atoms with Gasteiger partial charge in [0.2, 0.25) is 0 Å². The molecule has 0 aliphatic carbocycles. The highest BCUT2D eigenvalue weighted by molar-refractivity contribution is 5.89. The molecule has 0 aliphatic rings. The molecule has 0 bridgehead atoms. The van der Waals surface area contributed by atoms with E-state index in [9.17, 15) is 4.79 Å². The zero-order chi connectivity index (χ0) is 20.3. The third-order valence-corrected chi connectivity index (χ3v) is 5.09. The Morgan fingerprint density at radius 2 is 1.11 bits per heavy atom. The van der Waals surface area contributed by atoms with Crippen LogP contribution in [0.5, 0.6) is 5.75 Å². The van der Waals surface area contributed by atoms with Gasteiger partial charge in [0, 0.05) is 0 Å². The quantitative estimate of drug-likeness (QED) is 0.190. The van der Waals surface area contributed by atoms with Crippen molar-refractivity contribution in [3.63, 3.8) is 0 Å². The van der Waals surface area contributed by atoms with Crippen molar-refractivity contribution in [2.45, 2.75) is 104 Å². The smallest absolute Gasteiger partial charge is 0.338 e. The lowest BCUT2D eigenvalue weighted by Crippen LogP contribution is -2.06. The summed E-state index contributed by atoms with van der Waals surface area (Å²) in [5.74, 6) is 0.591. The van der Waals surface area contributed by atoms with Gasteiger partial charge in [-0.3, -0.25) is 0 Å². The van der Waals surface area contributed by atoms with Crippen LogP contribution < -0.4 is 4.74 Å². The van der Waals surface area contributed by atoms with Gasteiger partial charge < -0.3 is 9.47 Å². The molecule has 0 aliphatic heterocycles. The van der Waals surface area contributed by atoms with Crippen molar-refractivity contribution in [3.8, 4) is 5.75 Å². The van der Waals surface area contributed by atoms with Crippen LogP contribution in [0, 0.1) is 0 Å². The Bertz CT molecular complexity index is 481. The summed E-state index contributed by atoms with van der Waals surface area (Å²) < 4.78 is 11.1. The second kappa shape index (κ2) is 17.6. The van der Waals surface area contributed by atoms with Gasteiger partial charge in [0.1, 0.15) is 5.75 Å². The summed E-state index contributed by atoms with van der Waals surface area (Å²) in [5.41, 5.74) is 0.602. The Kier molecular flexibility index (Phi) is 15.4. The molecule has 0 fully saturated rings. The number of hydrogen-bond donors (Lipinski definition) is 0. The van der Waals surface area contributed by atoms with E-state index in [1.54, 1.807) is 12.1 Å². The van der Waals surface area contributed by atoms with Gasteiger partial charge in [0.05, 0.1) is 18.8 Å². The van der Waals surface area contributed by atoms with E-state index in [0.717, 1.165) is 31.6 Å². The van der Waals surface area contributed by atoms with Gasteiger partial charge in [0.25, 0.3) is 0 Å². The summed E-state index contributed by atoms with van der Waals surface area (Å²) in [5, 5.41) is 0.